The van der Waals surface area contributed by atoms with Crippen LogP contribution in [0.4, 0.5) is 5.69 Å². The Morgan fingerprint density at radius 2 is 1.87 bits per heavy atom. The van der Waals surface area contributed by atoms with E-state index in [2.05, 4.69) is 4.98 Å². The van der Waals surface area contributed by atoms with Crippen molar-refractivity contribution in [3.8, 4) is 11.1 Å². The third-order valence-corrected chi connectivity index (χ3v) is 2.58. The minimum absolute atomic E-state index is 0.320. The fourth-order valence-electron chi connectivity index (χ4n) is 1.29. The normalized spacial score (nSPS) is 10.3. The zero-order valence-corrected chi connectivity index (χ0v) is 9.26. The van der Waals surface area contributed by atoms with E-state index in [4.69, 9.17) is 28.9 Å². The van der Waals surface area contributed by atoms with Gasteiger partial charge in [0.1, 0.15) is 0 Å². The van der Waals surface area contributed by atoms with E-state index in [1.807, 2.05) is 24.3 Å². The third kappa shape index (κ3) is 2.22. The van der Waals surface area contributed by atoms with Crippen molar-refractivity contribution < 1.29 is 0 Å². The van der Waals surface area contributed by atoms with E-state index < -0.39 is 0 Å². The number of hydrogen-bond acceptors (Lipinski definition) is 2. The first kappa shape index (κ1) is 10.3. The zero-order valence-electron chi connectivity index (χ0n) is 7.74. The zero-order chi connectivity index (χ0) is 10.8. The van der Waals surface area contributed by atoms with Crippen LogP contribution in [0.1, 0.15) is 0 Å². The summed E-state index contributed by atoms with van der Waals surface area (Å²) in [7, 11) is 0. The highest BCUT2D eigenvalue weighted by atomic mass is 35.5. The smallest absolute Gasteiger partial charge is 0.151 e. The second-order valence-electron chi connectivity index (χ2n) is 3.11. The molecule has 0 atom stereocenters. The molecule has 0 fully saturated rings. The van der Waals surface area contributed by atoms with Crippen LogP contribution in [-0.4, -0.2) is 4.98 Å². The lowest BCUT2D eigenvalue weighted by molar-refractivity contribution is 1.33. The Morgan fingerprint density at radius 1 is 1.07 bits per heavy atom. The first-order valence-electron chi connectivity index (χ1n) is 4.34. The number of benzene rings is 1. The second kappa shape index (κ2) is 4.09. The molecule has 2 nitrogen and oxygen atoms in total. The van der Waals surface area contributed by atoms with E-state index in [0.717, 1.165) is 11.1 Å². The van der Waals surface area contributed by atoms with Gasteiger partial charge in [-0.25, -0.2) is 4.98 Å². The fraction of sp³-hybridized carbons (Fsp3) is 0. The quantitative estimate of drug-likeness (QED) is 0.771. The minimum atomic E-state index is 0.320. The van der Waals surface area contributed by atoms with Gasteiger partial charge in [-0.1, -0.05) is 35.3 Å². The summed E-state index contributed by atoms with van der Waals surface area (Å²) in [6, 6.07) is 9.27. The van der Waals surface area contributed by atoms with Gasteiger partial charge in [0, 0.05) is 16.8 Å². The summed E-state index contributed by atoms with van der Waals surface area (Å²) in [5.74, 6) is 0. The maximum Gasteiger partial charge on any atom is 0.151 e. The number of hydrogen-bond donors (Lipinski definition) is 1. The molecular weight excluding hydrogens is 231 g/mol. The van der Waals surface area contributed by atoms with Crippen LogP contribution in [0.15, 0.2) is 36.5 Å². The summed E-state index contributed by atoms with van der Waals surface area (Å²) in [4.78, 5) is 3.98. The Bertz CT molecular complexity index is 498. The van der Waals surface area contributed by atoms with Crippen molar-refractivity contribution in [3.05, 3.63) is 46.7 Å². The van der Waals surface area contributed by atoms with E-state index in [9.17, 15) is 0 Å². The molecule has 0 spiro atoms. The molecule has 2 N–H and O–H groups in total. The number of nitrogens with zero attached hydrogens (tertiary/aromatic N) is 1. The Labute approximate surface area is 97.7 Å². The van der Waals surface area contributed by atoms with Gasteiger partial charge in [0.05, 0.1) is 5.69 Å². The molecule has 0 unspecified atom stereocenters. The molecule has 0 saturated heterocycles. The van der Waals surface area contributed by atoms with Gasteiger partial charge in [-0.05, 0) is 23.8 Å². The van der Waals surface area contributed by atoms with Gasteiger partial charge in [0.2, 0.25) is 0 Å². The molecule has 0 radical (unpaired) electrons. The number of aromatic nitrogens is 1. The molecule has 0 bridgehead atoms. The van der Waals surface area contributed by atoms with Gasteiger partial charge < -0.3 is 5.73 Å². The van der Waals surface area contributed by atoms with Crippen LogP contribution in [-0.2, 0) is 0 Å². The number of nitrogens with two attached hydrogens (primary N) is 1. The molecule has 4 heteroatoms. The Kier molecular flexibility index (Phi) is 2.80. The monoisotopic (exact) mass is 238 g/mol. The van der Waals surface area contributed by atoms with E-state index in [-0.39, 0.29) is 0 Å². The summed E-state index contributed by atoms with van der Waals surface area (Å²) < 4.78 is 0. The lowest BCUT2D eigenvalue weighted by Gasteiger charge is -2.03. The summed E-state index contributed by atoms with van der Waals surface area (Å²) in [6.45, 7) is 0. The van der Waals surface area contributed by atoms with Gasteiger partial charge in [-0.2, -0.15) is 0 Å². The van der Waals surface area contributed by atoms with Gasteiger partial charge >= 0.3 is 0 Å². The van der Waals surface area contributed by atoms with Crippen molar-refractivity contribution in [2.24, 2.45) is 0 Å². The average Bonchev–Trinajstić information content (AvgIpc) is 2.22. The maximum absolute atomic E-state index is 5.89. The highest BCUT2D eigenvalue weighted by Crippen LogP contribution is 2.26. The Morgan fingerprint density at radius 3 is 2.53 bits per heavy atom. The lowest BCUT2D eigenvalue weighted by Crippen LogP contribution is -1.90. The predicted octanol–water partition coefficient (Wildman–Crippen LogP) is 3.64. The van der Waals surface area contributed by atoms with Gasteiger partial charge in [-0.15, -0.1) is 0 Å². The molecule has 1 aromatic heterocycles. The van der Waals surface area contributed by atoms with Crippen LogP contribution in [0.2, 0.25) is 10.2 Å². The largest absolute Gasteiger partial charge is 0.396 e. The van der Waals surface area contributed by atoms with Gasteiger partial charge in [0.15, 0.2) is 5.15 Å². The van der Waals surface area contributed by atoms with Gasteiger partial charge in [-0.3, -0.25) is 0 Å². The maximum atomic E-state index is 5.89. The van der Waals surface area contributed by atoms with Crippen molar-refractivity contribution in [1.29, 1.82) is 0 Å². The standard InChI is InChI=1S/C11H8Cl2N2/c12-9-3-1-2-7(4-9)8-5-10(14)11(13)15-6-8/h1-6H,14H2. The van der Waals surface area contributed by atoms with Crippen LogP contribution < -0.4 is 5.73 Å². The number of pyridine rings is 1. The lowest BCUT2D eigenvalue weighted by atomic mass is 10.1. The van der Waals surface area contributed by atoms with Crippen molar-refractivity contribution in [2.75, 3.05) is 5.73 Å². The molecule has 2 aromatic rings. The number of nitrogen functional groups attached to an aromatic ring is 1. The molecular formula is C11H8Cl2N2. The molecule has 0 amide bonds. The van der Waals surface area contributed by atoms with Crippen molar-refractivity contribution >= 4 is 28.9 Å². The molecule has 1 aromatic carbocycles. The Balaban J connectivity index is 2.50. The second-order valence-corrected chi connectivity index (χ2v) is 3.91. The van der Waals surface area contributed by atoms with Crippen molar-refractivity contribution in [1.82, 2.24) is 4.98 Å². The average molecular weight is 239 g/mol. The first-order chi connectivity index (χ1) is 7.16. The highest BCUT2D eigenvalue weighted by molar-refractivity contribution is 6.32. The molecule has 0 aliphatic heterocycles. The molecule has 0 saturated carbocycles. The van der Waals surface area contributed by atoms with E-state index >= 15 is 0 Å². The van der Waals surface area contributed by atoms with E-state index in [0.29, 0.717) is 15.9 Å². The molecule has 2 rings (SSSR count). The van der Waals surface area contributed by atoms with E-state index in [1.165, 1.54) is 0 Å². The van der Waals surface area contributed by atoms with Crippen molar-refractivity contribution in [2.45, 2.75) is 0 Å². The summed E-state index contributed by atoms with van der Waals surface area (Å²) in [5.41, 5.74) is 8.01. The molecule has 0 aliphatic carbocycles. The summed E-state index contributed by atoms with van der Waals surface area (Å²) >= 11 is 11.6. The van der Waals surface area contributed by atoms with Crippen LogP contribution in [0, 0.1) is 0 Å². The first-order valence-corrected chi connectivity index (χ1v) is 5.09. The minimum Gasteiger partial charge on any atom is -0.396 e. The van der Waals surface area contributed by atoms with Crippen LogP contribution in [0.3, 0.4) is 0 Å². The molecule has 76 valence electrons. The van der Waals surface area contributed by atoms with Crippen LogP contribution in [0.25, 0.3) is 11.1 Å². The van der Waals surface area contributed by atoms with Crippen LogP contribution >= 0.6 is 23.2 Å². The predicted molar refractivity (Wildman–Crippen MR) is 64.1 cm³/mol. The van der Waals surface area contributed by atoms with Crippen LogP contribution in [0.5, 0.6) is 0 Å². The summed E-state index contributed by atoms with van der Waals surface area (Å²) in [6.07, 6.45) is 1.67. The molecule has 15 heavy (non-hydrogen) atoms. The fourth-order valence-corrected chi connectivity index (χ4v) is 1.58. The Hall–Kier alpha value is -1.25. The number of halogens is 2. The number of anilines is 1. The highest BCUT2D eigenvalue weighted by Gasteiger charge is 2.02. The van der Waals surface area contributed by atoms with E-state index in [1.54, 1.807) is 12.3 Å². The molecule has 1 heterocycles. The number of rotatable bonds is 1. The van der Waals surface area contributed by atoms with Crippen molar-refractivity contribution in [3.63, 3.8) is 0 Å². The SMILES string of the molecule is Nc1cc(-c2cccc(Cl)c2)cnc1Cl. The summed E-state index contributed by atoms with van der Waals surface area (Å²) in [5, 5.41) is 1.00. The van der Waals surface area contributed by atoms with Gasteiger partial charge in [0.25, 0.3) is 0 Å². The topological polar surface area (TPSA) is 38.9 Å². The third-order valence-electron chi connectivity index (χ3n) is 2.02. The molecule has 0 aliphatic rings.